The van der Waals surface area contributed by atoms with Gasteiger partial charge in [-0.15, -0.1) is 0 Å². The molecule has 0 saturated carbocycles. The van der Waals surface area contributed by atoms with Crippen LogP contribution in [0.2, 0.25) is 0 Å². The predicted molar refractivity (Wildman–Crippen MR) is 68.6 cm³/mol. The van der Waals surface area contributed by atoms with E-state index in [1.54, 1.807) is 12.1 Å². The van der Waals surface area contributed by atoms with Gasteiger partial charge in [0.1, 0.15) is 11.9 Å². The molecule has 4 heteroatoms. The Kier molecular flexibility index (Phi) is 5.95. The highest BCUT2D eigenvalue weighted by Gasteiger charge is 2.21. The highest BCUT2D eigenvalue weighted by atomic mass is 19.1. The van der Waals surface area contributed by atoms with E-state index >= 15 is 0 Å². The number of unbranched alkanes of at least 4 members (excludes halogenated alkanes) is 1. The van der Waals surface area contributed by atoms with E-state index in [-0.39, 0.29) is 18.0 Å². The fourth-order valence-electron chi connectivity index (χ4n) is 1.81. The second-order valence-corrected chi connectivity index (χ2v) is 4.50. The maximum Gasteiger partial charge on any atom is 0.178 e. The quantitative estimate of drug-likeness (QED) is 0.779. The smallest absolute Gasteiger partial charge is 0.178 e. The summed E-state index contributed by atoms with van der Waals surface area (Å²) in [6.45, 7) is 1.99. The summed E-state index contributed by atoms with van der Waals surface area (Å²) in [4.78, 5) is 11.8. The first-order valence-corrected chi connectivity index (χ1v) is 6.26. The summed E-state index contributed by atoms with van der Waals surface area (Å²) in [7, 11) is 0. The minimum atomic E-state index is -1.01. The van der Waals surface area contributed by atoms with E-state index < -0.39 is 12.1 Å². The molecule has 0 aliphatic rings. The second kappa shape index (κ2) is 7.24. The Morgan fingerprint density at radius 3 is 2.83 bits per heavy atom. The Morgan fingerprint density at radius 2 is 2.22 bits per heavy atom. The number of aliphatic hydroxyl groups excluding tert-OH is 1. The first-order chi connectivity index (χ1) is 8.54. The highest BCUT2D eigenvalue weighted by Crippen LogP contribution is 2.09. The summed E-state index contributed by atoms with van der Waals surface area (Å²) in [5, 5.41) is 9.65. The molecule has 0 spiro atoms. The molecule has 100 valence electrons. The molecule has 0 aliphatic heterocycles. The Hall–Kier alpha value is -1.26. The van der Waals surface area contributed by atoms with Crippen LogP contribution in [0.15, 0.2) is 24.3 Å². The molecular weight excluding hydrogens is 233 g/mol. The van der Waals surface area contributed by atoms with Crippen LogP contribution in [0.25, 0.3) is 0 Å². The van der Waals surface area contributed by atoms with Crippen molar-refractivity contribution in [1.29, 1.82) is 0 Å². The molecule has 1 aromatic carbocycles. The van der Waals surface area contributed by atoms with Crippen LogP contribution in [0.1, 0.15) is 31.7 Å². The summed E-state index contributed by atoms with van der Waals surface area (Å²) in [6.07, 6.45) is 1.39. The summed E-state index contributed by atoms with van der Waals surface area (Å²) in [6, 6.07) is 5.21. The van der Waals surface area contributed by atoms with Gasteiger partial charge in [-0.3, -0.25) is 4.79 Å². The van der Waals surface area contributed by atoms with Crippen molar-refractivity contribution in [2.45, 2.75) is 44.8 Å². The van der Waals surface area contributed by atoms with E-state index in [1.807, 2.05) is 6.92 Å². The first kappa shape index (κ1) is 14.8. The largest absolute Gasteiger partial charge is 0.385 e. The second-order valence-electron chi connectivity index (χ2n) is 4.50. The molecule has 0 amide bonds. The number of aliphatic hydroxyl groups is 1. The monoisotopic (exact) mass is 253 g/mol. The van der Waals surface area contributed by atoms with Crippen LogP contribution < -0.4 is 5.73 Å². The zero-order valence-corrected chi connectivity index (χ0v) is 10.6. The fraction of sp³-hybridized carbons (Fsp3) is 0.500. The van der Waals surface area contributed by atoms with Crippen molar-refractivity contribution in [3.05, 3.63) is 35.6 Å². The maximum absolute atomic E-state index is 13.0. The van der Waals surface area contributed by atoms with E-state index in [2.05, 4.69) is 0 Å². The summed E-state index contributed by atoms with van der Waals surface area (Å²) in [5.74, 6) is -0.716. The third kappa shape index (κ3) is 4.55. The molecule has 0 fully saturated rings. The molecule has 3 N–H and O–H groups in total. The Balaban J connectivity index is 2.54. The average Bonchev–Trinajstić information content (AvgIpc) is 2.35. The number of Topliss-reactive ketones (excluding diaryl/α,β-unsaturated/α-hetero) is 1. The number of ketones is 1. The number of hydrogen-bond acceptors (Lipinski definition) is 3. The number of hydrogen-bond donors (Lipinski definition) is 2. The highest BCUT2D eigenvalue weighted by molar-refractivity contribution is 5.88. The minimum Gasteiger partial charge on any atom is -0.385 e. The number of benzene rings is 1. The molecule has 2 unspecified atom stereocenters. The molecule has 0 aliphatic carbocycles. The lowest BCUT2D eigenvalue weighted by molar-refractivity contribution is -0.128. The van der Waals surface area contributed by atoms with Crippen LogP contribution in [0.4, 0.5) is 4.39 Å². The molecule has 1 aromatic rings. The van der Waals surface area contributed by atoms with Gasteiger partial charge in [0.15, 0.2) is 5.78 Å². The van der Waals surface area contributed by atoms with Crippen LogP contribution in [0.3, 0.4) is 0 Å². The van der Waals surface area contributed by atoms with Crippen molar-refractivity contribution in [3.63, 3.8) is 0 Å². The Labute approximate surface area is 107 Å². The van der Waals surface area contributed by atoms with Gasteiger partial charge in [-0.05, 0) is 30.5 Å². The van der Waals surface area contributed by atoms with E-state index in [4.69, 9.17) is 5.73 Å². The number of carbonyl (C=O) groups is 1. The van der Waals surface area contributed by atoms with Gasteiger partial charge in [0, 0.05) is 0 Å². The van der Waals surface area contributed by atoms with Crippen LogP contribution in [0.5, 0.6) is 0 Å². The average molecular weight is 253 g/mol. The Bertz CT molecular complexity index is 395. The third-order valence-corrected chi connectivity index (χ3v) is 2.87. The van der Waals surface area contributed by atoms with E-state index in [9.17, 15) is 14.3 Å². The predicted octanol–water partition coefficient (Wildman–Crippen LogP) is 1.82. The van der Waals surface area contributed by atoms with Crippen LogP contribution in [-0.2, 0) is 11.2 Å². The standard InChI is InChI=1S/C14H20FNO2/c1-2-3-7-13(17)14(18)12(16)9-10-5-4-6-11(15)8-10/h4-6,8,12-13,17H,2-3,7,9,16H2,1H3. The van der Waals surface area contributed by atoms with Crippen LogP contribution >= 0.6 is 0 Å². The van der Waals surface area contributed by atoms with Gasteiger partial charge in [0.2, 0.25) is 0 Å². The van der Waals surface area contributed by atoms with Crippen molar-refractivity contribution in [2.24, 2.45) is 5.73 Å². The first-order valence-electron chi connectivity index (χ1n) is 6.26. The third-order valence-electron chi connectivity index (χ3n) is 2.87. The van der Waals surface area contributed by atoms with E-state index in [0.29, 0.717) is 12.0 Å². The number of halogens is 1. The van der Waals surface area contributed by atoms with Gasteiger partial charge in [-0.1, -0.05) is 31.9 Å². The lowest BCUT2D eigenvalue weighted by atomic mass is 9.97. The normalized spacial score (nSPS) is 14.2. The zero-order valence-electron chi connectivity index (χ0n) is 10.6. The van der Waals surface area contributed by atoms with Crippen LogP contribution in [-0.4, -0.2) is 23.0 Å². The van der Waals surface area contributed by atoms with Crippen LogP contribution in [0, 0.1) is 5.82 Å². The minimum absolute atomic E-state index is 0.250. The molecule has 0 heterocycles. The molecule has 0 saturated heterocycles. The van der Waals surface area contributed by atoms with Gasteiger partial charge >= 0.3 is 0 Å². The van der Waals surface area contributed by atoms with Crippen molar-refractivity contribution in [3.8, 4) is 0 Å². The van der Waals surface area contributed by atoms with Gasteiger partial charge in [0.25, 0.3) is 0 Å². The number of nitrogens with two attached hydrogens (primary N) is 1. The van der Waals surface area contributed by atoms with Gasteiger partial charge < -0.3 is 10.8 Å². The van der Waals surface area contributed by atoms with Crippen molar-refractivity contribution < 1.29 is 14.3 Å². The number of carbonyl (C=O) groups excluding carboxylic acids is 1. The molecule has 0 aromatic heterocycles. The molecular formula is C14H20FNO2. The van der Waals surface area contributed by atoms with E-state index in [0.717, 1.165) is 12.8 Å². The molecule has 1 rings (SSSR count). The summed E-state index contributed by atoms with van der Waals surface area (Å²) >= 11 is 0. The fourth-order valence-corrected chi connectivity index (χ4v) is 1.81. The van der Waals surface area contributed by atoms with Crippen molar-refractivity contribution >= 4 is 5.78 Å². The maximum atomic E-state index is 13.0. The van der Waals surface area contributed by atoms with Gasteiger partial charge in [-0.25, -0.2) is 4.39 Å². The topological polar surface area (TPSA) is 63.3 Å². The van der Waals surface area contributed by atoms with E-state index in [1.165, 1.54) is 12.1 Å². The van der Waals surface area contributed by atoms with Crippen molar-refractivity contribution in [1.82, 2.24) is 0 Å². The molecule has 2 atom stereocenters. The summed E-state index contributed by atoms with van der Waals surface area (Å²) in [5.41, 5.74) is 6.41. The Morgan fingerprint density at radius 1 is 1.50 bits per heavy atom. The molecule has 3 nitrogen and oxygen atoms in total. The van der Waals surface area contributed by atoms with Crippen molar-refractivity contribution in [2.75, 3.05) is 0 Å². The lowest BCUT2D eigenvalue weighted by Crippen LogP contribution is -2.40. The molecule has 0 bridgehead atoms. The molecule has 0 radical (unpaired) electrons. The van der Waals surface area contributed by atoms with Gasteiger partial charge in [0.05, 0.1) is 6.04 Å². The molecule has 18 heavy (non-hydrogen) atoms. The number of rotatable bonds is 7. The summed E-state index contributed by atoms with van der Waals surface area (Å²) < 4.78 is 13.0. The van der Waals surface area contributed by atoms with Gasteiger partial charge in [-0.2, -0.15) is 0 Å². The zero-order chi connectivity index (χ0) is 13.5. The SMILES string of the molecule is CCCCC(O)C(=O)C(N)Cc1cccc(F)c1. The lowest BCUT2D eigenvalue weighted by Gasteiger charge is -2.15.